The van der Waals surface area contributed by atoms with Crippen LogP contribution in [0.5, 0.6) is 0 Å². The van der Waals surface area contributed by atoms with Crippen LogP contribution < -0.4 is 5.73 Å². The van der Waals surface area contributed by atoms with Crippen LogP contribution >= 0.6 is 0 Å². The number of benzene rings is 1. The number of ether oxygens (including phenoxy) is 1. The number of nitrogens with zero attached hydrogens (tertiary/aromatic N) is 1. The molecule has 1 atom stereocenters. The number of carbonyl (C=O) groups is 3. The highest BCUT2D eigenvalue weighted by atomic mass is 16.5. The predicted molar refractivity (Wildman–Crippen MR) is 72.9 cm³/mol. The van der Waals surface area contributed by atoms with E-state index in [2.05, 4.69) is 0 Å². The minimum absolute atomic E-state index is 0.162. The van der Waals surface area contributed by atoms with Crippen LogP contribution in [-0.4, -0.2) is 53.6 Å². The zero-order valence-corrected chi connectivity index (χ0v) is 11.3. The Bertz CT molecular complexity index is 555. The Balaban J connectivity index is 2.16. The summed E-state index contributed by atoms with van der Waals surface area (Å²) in [5.74, 6) is -1.82. The topological polar surface area (TPSA) is 110 Å². The number of morpholine rings is 1. The van der Waals surface area contributed by atoms with E-state index in [9.17, 15) is 14.4 Å². The molecule has 0 aromatic heterocycles. The Kier molecular flexibility index (Phi) is 4.54. The van der Waals surface area contributed by atoms with Crippen LogP contribution in [0.1, 0.15) is 27.1 Å². The quantitative estimate of drug-likeness (QED) is 0.818. The Hall–Kier alpha value is -2.41. The highest BCUT2D eigenvalue weighted by molar-refractivity contribution is 5.97. The molecule has 7 heteroatoms. The van der Waals surface area contributed by atoms with Crippen molar-refractivity contribution in [1.82, 2.24) is 4.90 Å². The zero-order chi connectivity index (χ0) is 15.4. The van der Waals surface area contributed by atoms with Gasteiger partial charge in [-0.3, -0.25) is 14.4 Å². The summed E-state index contributed by atoms with van der Waals surface area (Å²) in [5, 5.41) is 8.89. The highest BCUT2D eigenvalue weighted by Gasteiger charge is 2.29. The van der Waals surface area contributed by atoms with Gasteiger partial charge in [-0.2, -0.15) is 0 Å². The van der Waals surface area contributed by atoms with Crippen LogP contribution in [0.25, 0.3) is 0 Å². The van der Waals surface area contributed by atoms with Gasteiger partial charge in [0.2, 0.25) is 5.91 Å². The van der Waals surface area contributed by atoms with Gasteiger partial charge in [-0.25, -0.2) is 0 Å². The smallest absolute Gasteiger partial charge is 0.305 e. The predicted octanol–water partition coefficient (Wildman–Crippen LogP) is 0.101. The van der Waals surface area contributed by atoms with Gasteiger partial charge in [-0.1, -0.05) is 0 Å². The van der Waals surface area contributed by atoms with Gasteiger partial charge in [0.05, 0.1) is 25.7 Å². The average molecular weight is 292 g/mol. The molecule has 1 unspecified atom stereocenters. The first kappa shape index (κ1) is 15.0. The highest BCUT2D eigenvalue weighted by Crippen LogP contribution is 2.15. The van der Waals surface area contributed by atoms with E-state index < -0.39 is 17.9 Å². The summed E-state index contributed by atoms with van der Waals surface area (Å²) < 4.78 is 5.23. The number of carboxylic acids is 1. The molecule has 7 nitrogen and oxygen atoms in total. The fourth-order valence-electron chi connectivity index (χ4n) is 2.24. The maximum absolute atomic E-state index is 12.4. The van der Waals surface area contributed by atoms with Gasteiger partial charge in [0.25, 0.3) is 5.91 Å². The van der Waals surface area contributed by atoms with Crippen molar-refractivity contribution in [2.75, 3.05) is 19.8 Å². The fourth-order valence-corrected chi connectivity index (χ4v) is 2.24. The second-order valence-corrected chi connectivity index (χ2v) is 4.77. The lowest BCUT2D eigenvalue weighted by Gasteiger charge is -2.34. The summed E-state index contributed by atoms with van der Waals surface area (Å²) in [7, 11) is 0. The number of hydrogen-bond acceptors (Lipinski definition) is 4. The molecule has 0 bridgehead atoms. The minimum Gasteiger partial charge on any atom is -0.481 e. The summed E-state index contributed by atoms with van der Waals surface area (Å²) >= 11 is 0. The van der Waals surface area contributed by atoms with E-state index >= 15 is 0 Å². The molecule has 112 valence electrons. The van der Waals surface area contributed by atoms with E-state index in [1.54, 1.807) is 0 Å². The molecule has 1 aromatic rings. The van der Waals surface area contributed by atoms with Gasteiger partial charge in [0, 0.05) is 17.7 Å². The molecule has 1 aliphatic rings. The third kappa shape index (κ3) is 3.57. The Morgan fingerprint density at radius 3 is 2.43 bits per heavy atom. The van der Waals surface area contributed by atoms with E-state index in [0.717, 1.165) is 0 Å². The number of carboxylic acid groups (broad SMARTS) is 1. The number of aliphatic carboxylic acids is 1. The van der Waals surface area contributed by atoms with Gasteiger partial charge in [0.1, 0.15) is 0 Å². The maximum Gasteiger partial charge on any atom is 0.305 e. The third-order valence-corrected chi connectivity index (χ3v) is 3.32. The molecule has 0 saturated carbocycles. The van der Waals surface area contributed by atoms with Crippen molar-refractivity contribution < 1.29 is 24.2 Å². The molecule has 21 heavy (non-hydrogen) atoms. The SMILES string of the molecule is NC(=O)c1ccc(C(=O)N2CCOCC2CC(=O)O)cc1. The fraction of sp³-hybridized carbons (Fsp3) is 0.357. The summed E-state index contributed by atoms with van der Waals surface area (Å²) in [4.78, 5) is 35.8. The van der Waals surface area contributed by atoms with Crippen molar-refractivity contribution in [3.05, 3.63) is 35.4 Å². The second-order valence-electron chi connectivity index (χ2n) is 4.77. The van der Waals surface area contributed by atoms with E-state index in [1.807, 2.05) is 0 Å². The standard InChI is InChI=1S/C14H16N2O5/c15-13(19)9-1-3-10(4-2-9)14(20)16-5-6-21-8-11(16)7-12(17)18/h1-4,11H,5-8H2,(H2,15,19)(H,17,18). The molecule has 3 N–H and O–H groups in total. The molecule has 1 fully saturated rings. The van der Waals surface area contributed by atoms with Gasteiger partial charge in [-0.05, 0) is 24.3 Å². The number of carbonyl (C=O) groups excluding carboxylic acids is 2. The van der Waals surface area contributed by atoms with Crippen molar-refractivity contribution in [2.24, 2.45) is 5.73 Å². The van der Waals surface area contributed by atoms with Crippen molar-refractivity contribution in [2.45, 2.75) is 12.5 Å². The molecule has 1 heterocycles. The number of primary amides is 1. The number of rotatable bonds is 4. The lowest BCUT2D eigenvalue weighted by molar-refractivity contribution is -0.139. The van der Waals surface area contributed by atoms with Crippen LogP contribution in [-0.2, 0) is 9.53 Å². The van der Waals surface area contributed by atoms with Crippen LogP contribution in [0.2, 0.25) is 0 Å². The van der Waals surface area contributed by atoms with E-state index in [0.29, 0.717) is 24.3 Å². The van der Waals surface area contributed by atoms with Crippen LogP contribution in [0.4, 0.5) is 0 Å². The lowest BCUT2D eigenvalue weighted by atomic mass is 10.1. The molecule has 0 aliphatic carbocycles. The Morgan fingerprint density at radius 2 is 1.86 bits per heavy atom. The Morgan fingerprint density at radius 1 is 1.24 bits per heavy atom. The summed E-state index contributed by atoms with van der Waals surface area (Å²) in [5.41, 5.74) is 5.85. The monoisotopic (exact) mass is 292 g/mol. The average Bonchev–Trinajstić information content (AvgIpc) is 2.46. The second kappa shape index (κ2) is 6.36. The van der Waals surface area contributed by atoms with Crippen molar-refractivity contribution >= 4 is 17.8 Å². The first-order chi connectivity index (χ1) is 9.99. The van der Waals surface area contributed by atoms with Gasteiger partial charge < -0.3 is 20.5 Å². The minimum atomic E-state index is -0.979. The number of hydrogen-bond donors (Lipinski definition) is 2. The van der Waals surface area contributed by atoms with Gasteiger partial charge in [-0.15, -0.1) is 0 Å². The van der Waals surface area contributed by atoms with Crippen molar-refractivity contribution in [3.63, 3.8) is 0 Å². The van der Waals surface area contributed by atoms with Crippen molar-refractivity contribution in [1.29, 1.82) is 0 Å². The van der Waals surface area contributed by atoms with Crippen LogP contribution in [0.15, 0.2) is 24.3 Å². The van der Waals surface area contributed by atoms with Crippen LogP contribution in [0, 0.1) is 0 Å². The molecule has 2 rings (SSSR count). The van der Waals surface area contributed by atoms with E-state index in [-0.39, 0.29) is 18.9 Å². The molecule has 1 aromatic carbocycles. The number of nitrogens with two attached hydrogens (primary N) is 1. The molecular formula is C14H16N2O5. The first-order valence-electron chi connectivity index (χ1n) is 6.49. The third-order valence-electron chi connectivity index (χ3n) is 3.32. The van der Waals surface area contributed by atoms with Gasteiger partial charge >= 0.3 is 5.97 Å². The number of amides is 2. The molecule has 2 amide bonds. The van der Waals surface area contributed by atoms with Crippen molar-refractivity contribution in [3.8, 4) is 0 Å². The Labute approximate surface area is 121 Å². The summed E-state index contributed by atoms with van der Waals surface area (Å²) in [6, 6.07) is 5.48. The van der Waals surface area contributed by atoms with Gasteiger partial charge in [0.15, 0.2) is 0 Å². The molecule has 1 saturated heterocycles. The summed E-state index contributed by atoms with van der Waals surface area (Å²) in [6.07, 6.45) is -0.162. The summed E-state index contributed by atoms with van der Waals surface area (Å²) in [6.45, 7) is 0.924. The molecule has 0 spiro atoms. The first-order valence-corrected chi connectivity index (χ1v) is 6.49. The van der Waals surface area contributed by atoms with Crippen LogP contribution in [0.3, 0.4) is 0 Å². The van der Waals surface area contributed by atoms with E-state index in [4.69, 9.17) is 15.6 Å². The largest absolute Gasteiger partial charge is 0.481 e. The lowest BCUT2D eigenvalue weighted by Crippen LogP contribution is -2.49. The van der Waals surface area contributed by atoms with E-state index in [1.165, 1.54) is 29.2 Å². The zero-order valence-electron chi connectivity index (χ0n) is 11.3. The normalized spacial score (nSPS) is 18.3. The molecule has 1 aliphatic heterocycles. The molecule has 0 radical (unpaired) electrons. The molecular weight excluding hydrogens is 276 g/mol. The maximum atomic E-state index is 12.4.